The molecule has 0 spiro atoms. The van der Waals surface area contributed by atoms with Gasteiger partial charge in [-0.15, -0.1) is 0 Å². The van der Waals surface area contributed by atoms with Gasteiger partial charge in [0.25, 0.3) is 0 Å². The van der Waals surface area contributed by atoms with E-state index in [1.54, 1.807) is 30.3 Å². The summed E-state index contributed by atoms with van der Waals surface area (Å²) in [5, 5.41) is 3.26. The molecule has 0 aliphatic heterocycles. The highest BCUT2D eigenvalue weighted by Gasteiger charge is 2.23. The maximum atomic E-state index is 12.6. The van der Waals surface area contributed by atoms with Crippen LogP contribution in [0.25, 0.3) is 0 Å². The molecule has 26 heavy (non-hydrogen) atoms. The van der Waals surface area contributed by atoms with Gasteiger partial charge in [0.15, 0.2) is 0 Å². The number of amides is 1. The summed E-state index contributed by atoms with van der Waals surface area (Å²) in [6, 6.07) is 11.1. The van der Waals surface area contributed by atoms with Gasteiger partial charge in [0.2, 0.25) is 15.9 Å². The van der Waals surface area contributed by atoms with Crippen molar-refractivity contribution in [3.05, 3.63) is 53.1 Å². The van der Waals surface area contributed by atoms with Gasteiger partial charge < -0.3 is 10.1 Å². The fourth-order valence-corrected chi connectivity index (χ4v) is 3.65. The van der Waals surface area contributed by atoms with Gasteiger partial charge in [-0.2, -0.15) is 4.31 Å². The predicted molar refractivity (Wildman–Crippen MR) is 102 cm³/mol. The summed E-state index contributed by atoms with van der Waals surface area (Å²) < 4.78 is 31.5. The number of hydrogen-bond acceptors (Lipinski definition) is 4. The third kappa shape index (κ3) is 4.97. The van der Waals surface area contributed by atoms with Gasteiger partial charge in [-0.3, -0.25) is 4.79 Å². The van der Waals surface area contributed by atoms with Crippen LogP contribution in [0.4, 0.5) is 5.69 Å². The molecule has 2 rings (SSSR count). The maximum Gasteiger partial charge on any atom is 0.243 e. The topological polar surface area (TPSA) is 75.7 Å². The van der Waals surface area contributed by atoms with Crippen molar-refractivity contribution in [3.8, 4) is 5.75 Å². The monoisotopic (exact) mass is 396 g/mol. The molecule has 2 aromatic carbocycles. The maximum absolute atomic E-state index is 12.6. The number of sulfonamides is 1. The zero-order valence-corrected chi connectivity index (χ0v) is 16.4. The molecule has 6 nitrogen and oxygen atoms in total. The van der Waals surface area contributed by atoms with Crippen molar-refractivity contribution < 1.29 is 17.9 Å². The molecule has 0 aliphatic carbocycles. The number of carbonyl (C=O) groups excluding carboxylic acids is 1. The SMILES string of the molecule is CCOc1ccc(S(=O)(=O)N(C)CC(=O)Nc2ccc(Cl)cc2C)cc1. The Balaban J connectivity index is 2.07. The van der Waals surface area contributed by atoms with E-state index < -0.39 is 15.9 Å². The van der Waals surface area contributed by atoms with Crippen molar-refractivity contribution in [3.63, 3.8) is 0 Å². The number of rotatable bonds is 7. The summed E-state index contributed by atoms with van der Waals surface area (Å²) in [5.41, 5.74) is 1.38. The molecule has 0 atom stereocenters. The molecular formula is C18H21ClN2O4S. The molecule has 0 unspecified atom stereocenters. The zero-order valence-electron chi connectivity index (χ0n) is 14.8. The number of nitrogens with one attached hydrogen (secondary N) is 1. The lowest BCUT2D eigenvalue weighted by Crippen LogP contribution is -2.35. The van der Waals surface area contributed by atoms with E-state index in [1.165, 1.54) is 19.2 Å². The van der Waals surface area contributed by atoms with Crippen molar-refractivity contribution >= 4 is 33.2 Å². The van der Waals surface area contributed by atoms with Crippen molar-refractivity contribution in [2.75, 3.05) is 25.5 Å². The first-order chi connectivity index (χ1) is 12.2. The molecule has 8 heteroatoms. The Bertz CT molecular complexity index is 883. The second-order valence-electron chi connectivity index (χ2n) is 5.67. The molecule has 1 N–H and O–H groups in total. The molecule has 1 amide bonds. The number of aryl methyl sites for hydroxylation is 1. The Morgan fingerprint density at radius 2 is 1.85 bits per heavy atom. The van der Waals surface area contributed by atoms with Crippen LogP contribution in [-0.4, -0.2) is 38.8 Å². The van der Waals surface area contributed by atoms with E-state index in [-0.39, 0.29) is 11.4 Å². The van der Waals surface area contributed by atoms with Crippen LogP contribution in [0.5, 0.6) is 5.75 Å². The average Bonchev–Trinajstić information content (AvgIpc) is 2.58. The number of halogens is 1. The van der Waals surface area contributed by atoms with Gasteiger partial charge in [-0.05, 0) is 61.9 Å². The van der Waals surface area contributed by atoms with Gasteiger partial charge in [-0.25, -0.2) is 8.42 Å². The van der Waals surface area contributed by atoms with E-state index in [9.17, 15) is 13.2 Å². The van der Waals surface area contributed by atoms with Crippen molar-refractivity contribution in [1.82, 2.24) is 4.31 Å². The number of nitrogens with zero attached hydrogens (tertiary/aromatic N) is 1. The Morgan fingerprint density at radius 1 is 1.19 bits per heavy atom. The Morgan fingerprint density at radius 3 is 2.42 bits per heavy atom. The Kier molecular flexibility index (Phi) is 6.63. The van der Waals surface area contributed by atoms with Crippen molar-refractivity contribution in [2.45, 2.75) is 18.7 Å². The summed E-state index contributed by atoms with van der Waals surface area (Å²) in [6.07, 6.45) is 0. The van der Waals surface area contributed by atoms with Gasteiger partial charge >= 0.3 is 0 Å². The van der Waals surface area contributed by atoms with Crippen LogP contribution in [0.2, 0.25) is 5.02 Å². The van der Waals surface area contributed by atoms with Gasteiger partial charge in [0.1, 0.15) is 5.75 Å². The predicted octanol–water partition coefficient (Wildman–Crippen LogP) is 3.31. The van der Waals surface area contributed by atoms with E-state index in [0.717, 1.165) is 9.87 Å². The number of carbonyl (C=O) groups is 1. The molecule has 0 bridgehead atoms. The van der Waals surface area contributed by atoms with E-state index in [0.29, 0.717) is 23.1 Å². The molecule has 140 valence electrons. The third-order valence-electron chi connectivity index (χ3n) is 3.67. The number of ether oxygens (including phenoxy) is 1. The fraction of sp³-hybridized carbons (Fsp3) is 0.278. The number of hydrogen-bond donors (Lipinski definition) is 1. The van der Waals surface area contributed by atoms with Crippen LogP contribution in [0.3, 0.4) is 0 Å². The number of benzene rings is 2. The largest absolute Gasteiger partial charge is 0.494 e. The van der Waals surface area contributed by atoms with E-state index >= 15 is 0 Å². The van der Waals surface area contributed by atoms with Crippen molar-refractivity contribution in [2.24, 2.45) is 0 Å². The molecule has 0 fully saturated rings. The second-order valence-corrected chi connectivity index (χ2v) is 8.15. The molecule has 0 radical (unpaired) electrons. The standard InChI is InChI=1S/C18H21ClN2O4S/c1-4-25-15-6-8-16(9-7-15)26(23,24)21(3)12-18(22)20-17-10-5-14(19)11-13(17)2/h5-11H,4,12H2,1-3H3,(H,20,22). The fourth-order valence-electron chi connectivity index (χ4n) is 2.30. The minimum Gasteiger partial charge on any atom is -0.494 e. The molecule has 2 aromatic rings. The smallest absolute Gasteiger partial charge is 0.243 e. The summed E-state index contributed by atoms with van der Waals surface area (Å²) in [5.74, 6) is 0.150. The van der Waals surface area contributed by atoms with E-state index in [4.69, 9.17) is 16.3 Å². The number of likely N-dealkylation sites (N-methyl/N-ethyl adjacent to an activating group) is 1. The Labute approximate surface area is 158 Å². The van der Waals surface area contributed by atoms with Gasteiger partial charge in [0.05, 0.1) is 18.0 Å². The molecule has 0 aliphatic rings. The molecule has 0 saturated carbocycles. The third-order valence-corrected chi connectivity index (χ3v) is 5.72. The van der Waals surface area contributed by atoms with Gasteiger partial charge in [-0.1, -0.05) is 11.6 Å². The molecule has 0 aromatic heterocycles. The van der Waals surface area contributed by atoms with Crippen LogP contribution >= 0.6 is 11.6 Å². The van der Waals surface area contributed by atoms with Crippen molar-refractivity contribution in [1.29, 1.82) is 0 Å². The highest BCUT2D eigenvalue weighted by Crippen LogP contribution is 2.21. The first-order valence-electron chi connectivity index (χ1n) is 7.99. The van der Waals surface area contributed by atoms with Gasteiger partial charge in [0, 0.05) is 17.8 Å². The zero-order chi connectivity index (χ0) is 19.3. The summed E-state index contributed by atoms with van der Waals surface area (Å²) in [6.45, 7) is 3.84. The van der Waals surface area contributed by atoms with E-state index in [1.807, 2.05) is 13.8 Å². The molecule has 0 heterocycles. The number of anilines is 1. The lowest BCUT2D eigenvalue weighted by Gasteiger charge is -2.17. The lowest BCUT2D eigenvalue weighted by atomic mass is 10.2. The van der Waals surface area contributed by atoms with Crippen LogP contribution < -0.4 is 10.1 Å². The first-order valence-corrected chi connectivity index (χ1v) is 9.81. The lowest BCUT2D eigenvalue weighted by molar-refractivity contribution is -0.116. The minimum atomic E-state index is -3.78. The first kappa shape index (κ1) is 20.2. The highest BCUT2D eigenvalue weighted by atomic mass is 35.5. The van der Waals surface area contributed by atoms with E-state index in [2.05, 4.69) is 5.32 Å². The summed E-state index contributed by atoms with van der Waals surface area (Å²) in [7, 11) is -2.42. The quantitative estimate of drug-likeness (QED) is 0.779. The van der Waals surface area contributed by atoms with Crippen LogP contribution in [0.15, 0.2) is 47.4 Å². The highest BCUT2D eigenvalue weighted by molar-refractivity contribution is 7.89. The van der Waals surface area contributed by atoms with Crippen LogP contribution in [0, 0.1) is 6.92 Å². The Hall–Kier alpha value is -2.09. The molecular weight excluding hydrogens is 376 g/mol. The van der Waals surface area contributed by atoms with Crippen LogP contribution in [0.1, 0.15) is 12.5 Å². The van der Waals surface area contributed by atoms with Crippen LogP contribution in [-0.2, 0) is 14.8 Å². The second kappa shape index (κ2) is 8.53. The molecule has 0 saturated heterocycles. The summed E-state index contributed by atoms with van der Waals surface area (Å²) in [4.78, 5) is 12.3. The minimum absolute atomic E-state index is 0.0962. The average molecular weight is 397 g/mol. The summed E-state index contributed by atoms with van der Waals surface area (Å²) >= 11 is 5.89. The normalized spacial score (nSPS) is 11.4.